The number of benzene rings is 4. The van der Waals surface area contributed by atoms with Gasteiger partial charge in [0.2, 0.25) is 29.6 Å². The normalized spacial score (nSPS) is 10.8. The lowest BCUT2D eigenvalue weighted by molar-refractivity contribution is -0.387. The van der Waals surface area contributed by atoms with E-state index in [1.54, 1.807) is 66.5 Å². The van der Waals surface area contributed by atoms with Gasteiger partial charge in [-0.3, -0.25) is 20.2 Å². The summed E-state index contributed by atoms with van der Waals surface area (Å²) in [4.78, 5) is 52.0. The van der Waals surface area contributed by atoms with Crippen LogP contribution in [0.15, 0.2) is 85.5 Å². The van der Waals surface area contributed by atoms with Crippen LogP contribution in [0, 0.1) is 37.9 Å². The first-order chi connectivity index (χ1) is 34.0. The summed E-state index contributed by atoms with van der Waals surface area (Å²) in [7, 11) is 14.5. The monoisotopic (exact) mass is 998 g/mol. The minimum absolute atomic E-state index is 0. The molecular weight excluding hydrogens is 946 g/mol. The number of ether oxygens (including phenoxy) is 2. The molecular formula is C45H53F3N18O6. The average Bonchev–Trinajstić information content (AvgIpc) is 3.89. The summed E-state index contributed by atoms with van der Waals surface area (Å²) in [5, 5.41) is 39.9. The molecule has 0 saturated carbocycles. The Bertz CT molecular complexity index is 3140. The maximum absolute atomic E-state index is 14.3. The van der Waals surface area contributed by atoms with Crippen molar-refractivity contribution in [1.82, 2.24) is 64.6 Å². The number of nitrogens with zero attached hydrogens (tertiary/aromatic N) is 15. The van der Waals surface area contributed by atoms with Gasteiger partial charge in [-0.2, -0.15) is 42.5 Å². The zero-order valence-electron chi connectivity index (χ0n) is 39.7. The van der Waals surface area contributed by atoms with E-state index in [9.17, 15) is 33.4 Å². The Kier molecular flexibility index (Phi) is 18.6. The van der Waals surface area contributed by atoms with E-state index in [4.69, 9.17) is 9.47 Å². The minimum atomic E-state index is -1.05. The number of likely N-dealkylation sites (N-methyl/N-ethyl adjacent to an activating group) is 4. The van der Waals surface area contributed by atoms with Gasteiger partial charge in [-0.15, -0.1) is 10.2 Å². The Balaban J connectivity index is 0.000000236. The zero-order valence-corrected chi connectivity index (χ0v) is 39.7. The Morgan fingerprint density at radius 1 is 0.639 bits per heavy atom. The molecule has 0 fully saturated rings. The summed E-state index contributed by atoms with van der Waals surface area (Å²) in [6.07, 6.45) is 2.40. The second kappa shape index (κ2) is 24.7. The summed E-state index contributed by atoms with van der Waals surface area (Å²) in [6, 6.07) is 18.1. The smallest absolute Gasteiger partial charge is 0.307 e. The fourth-order valence-corrected chi connectivity index (χ4v) is 6.53. The van der Waals surface area contributed by atoms with Gasteiger partial charge in [0.15, 0.2) is 0 Å². The van der Waals surface area contributed by atoms with Gasteiger partial charge in [0.1, 0.15) is 29.8 Å². The van der Waals surface area contributed by atoms with E-state index in [-0.39, 0.29) is 54.0 Å². The predicted molar refractivity (Wildman–Crippen MR) is 266 cm³/mol. The number of nitro groups is 2. The topological polar surface area (TPSA) is 264 Å². The summed E-state index contributed by atoms with van der Waals surface area (Å²) >= 11 is 0. The Labute approximate surface area is 410 Å². The molecule has 4 aromatic heterocycles. The molecule has 8 aromatic rings. The van der Waals surface area contributed by atoms with Crippen LogP contribution in [0.5, 0.6) is 11.5 Å². The van der Waals surface area contributed by atoms with Crippen LogP contribution in [-0.2, 0) is 0 Å². The highest BCUT2D eigenvalue weighted by Gasteiger charge is 2.24. The summed E-state index contributed by atoms with van der Waals surface area (Å²) in [5.41, 5.74) is 0.838. The van der Waals surface area contributed by atoms with E-state index in [1.807, 2.05) is 26.0 Å². The second-order valence-corrected chi connectivity index (χ2v) is 15.6. The standard InChI is InChI=1S/C22H24FN9O3.C17H11F2N7O3.C5H14N2.CH4/c1-29(2)9-10-30(3)17-12-19(35-4)15(11-18(17)32(33)34)26-21-24-13-25-22(27-21)31-16-8-6-5-7-14(16)20(23)28-31;1-29-14-6-10(18)13(26(27)28)7-11(14)22-16-20-8-21-17(23-16)25-12-5-3-2-4-9(12)15(19)24-25;1-6-4-5-7(2)3;/h5-8,11-13H,9-10H2,1-4H3,(H,24,25,26,27);2-8H,1H3,(H,20,21,22,23);6H,4-5H2,1-3H3;1H4. The number of hydrogen-bond acceptors (Lipinski definition) is 20. The maximum Gasteiger partial charge on any atom is 0.307 e. The summed E-state index contributed by atoms with van der Waals surface area (Å²) in [6.45, 7) is 3.49. The molecule has 0 aliphatic carbocycles. The summed E-state index contributed by atoms with van der Waals surface area (Å²) < 4.78 is 55.1. The predicted octanol–water partition coefficient (Wildman–Crippen LogP) is 6.56. The van der Waals surface area contributed by atoms with Crippen LogP contribution >= 0.6 is 0 Å². The van der Waals surface area contributed by atoms with Gasteiger partial charge in [-0.1, -0.05) is 31.7 Å². The number of halogens is 3. The van der Waals surface area contributed by atoms with Gasteiger partial charge in [-0.25, -0.2) is 9.97 Å². The molecule has 380 valence electrons. The van der Waals surface area contributed by atoms with Gasteiger partial charge in [0.05, 0.1) is 57.2 Å². The molecule has 0 aliphatic rings. The molecule has 0 saturated heterocycles. The van der Waals surface area contributed by atoms with Gasteiger partial charge in [0, 0.05) is 57.5 Å². The van der Waals surface area contributed by atoms with Crippen molar-refractivity contribution in [3.8, 4) is 23.4 Å². The van der Waals surface area contributed by atoms with Crippen LogP contribution in [0.25, 0.3) is 33.7 Å². The largest absolute Gasteiger partial charge is 0.494 e. The number of hydrogen-bond donors (Lipinski definition) is 3. The molecule has 0 bridgehead atoms. The lowest BCUT2D eigenvalue weighted by atomic mass is 10.2. The molecule has 24 nitrogen and oxygen atoms in total. The summed E-state index contributed by atoms with van der Waals surface area (Å²) in [5.74, 6) is -1.88. The average molecular weight is 999 g/mol. The molecule has 0 spiro atoms. The van der Waals surface area contributed by atoms with Crippen LogP contribution in [0.3, 0.4) is 0 Å². The van der Waals surface area contributed by atoms with Crippen molar-refractivity contribution >= 4 is 62.1 Å². The molecule has 0 amide bonds. The van der Waals surface area contributed by atoms with Crippen molar-refractivity contribution in [2.24, 2.45) is 0 Å². The van der Waals surface area contributed by atoms with Crippen molar-refractivity contribution in [3.63, 3.8) is 0 Å². The highest BCUT2D eigenvalue weighted by atomic mass is 19.1. The number of para-hydroxylation sites is 2. The van der Waals surface area contributed by atoms with Crippen LogP contribution in [0.4, 0.5) is 53.5 Å². The fraction of sp³-hybridized carbons (Fsp3) is 0.289. The number of nitro benzene ring substituents is 2. The van der Waals surface area contributed by atoms with Crippen molar-refractivity contribution in [1.29, 1.82) is 0 Å². The second-order valence-electron chi connectivity index (χ2n) is 15.6. The number of fused-ring (bicyclic) bond motifs is 2. The van der Waals surface area contributed by atoms with Gasteiger partial charge >= 0.3 is 5.69 Å². The van der Waals surface area contributed by atoms with Gasteiger partial charge in [0.25, 0.3) is 17.6 Å². The number of anilines is 5. The van der Waals surface area contributed by atoms with Crippen molar-refractivity contribution < 1.29 is 32.5 Å². The van der Waals surface area contributed by atoms with E-state index in [2.05, 4.69) is 75.0 Å². The Morgan fingerprint density at radius 2 is 1.10 bits per heavy atom. The molecule has 4 heterocycles. The van der Waals surface area contributed by atoms with Crippen molar-refractivity contribution in [2.45, 2.75) is 7.43 Å². The molecule has 27 heteroatoms. The Hall–Kier alpha value is -8.69. The first-order valence-electron chi connectivity index (χ1n) is 21.3. The van der Waals surface area contributed by atoms with E-state index in [1.165, 1.54) is 36.0 Å². The fourth-order valence-electron chi connectivity index (χ4n) is 6.53. The molecule has 4 aromatic carbocycles. The molecule has 0 atom stereocenters. The highest BCUT2D eigenvalue weighted by Crippen LogP contribution is 2.39. The number of rotatable bonds is 17. The van der Waals surface area contributed by atoms with Crippen LogP contribution in [0.1, 0.15) is 7.43 Å². The minimum Gasteiger partial charge on any atom is -0.494 e. The molecule has 0 aliphatic heterocycles. The first-order valence-corrected chi connectivity index (χ1v) is 21.3. The van der Waals surface area contributed by atoms with E-state index >= 15 is 0 Å². The van der Waals surface area contributed by atoms with Crippen molar-refractivity contribution in [3.05, 3.63) is 123 Å². The number of nitrogens with one attached hydrogen (secondary N) is 3. The third kappa shape index (κ3) is 13.1. The quantitative estimate of drug-likeness (QED) is 0.0644. The van der Waals surface area contributed by atoms with E-state index in [0.717, 1.165) is 31.5 Å². The zero-order chi connectivity index (χ0) is 51.4. The molecule has 72 heavy (non-hydrogen) atoms. The highest BCUT2D eigenvalue weighted by molar-refractivity contribution is 5.81. The number of aromatic nitrogens is 10. The third-order valence-corrected chi connectivity index (χ3v) is 10.1. The lowest BCUT2D eigenvalue weighted by Gasteiger charge is -2.22. The number of methoxy groups -OCH3 is 2. The van der Waals surface area contributed by atoms with Crippen LogP contribution in [0.2, 0.25) is 0 Å². The Morgan fingerprint density at radius 3 is 1.53 bits per heavy atom. The molecule has 0 unspecified atom stereocenters. The van der Waals surface area contributed by atoms with Gasteiger partial charge in [-0.05, 0) is 59.5 Å². The van der Waals surface area contributed by atoms with Crippen LogP contribution < -0.4 is 30.3 Å². The van der Waals surface area contributed by atoms with Gasteiger partial charge < -0.3 is 40.1 Å². The SMILES string of the molecule is C.CNCCN(C)C.COc1cc(F)c([N+](=O)[O-])cc1Nc1ncnc(-n2nc(F)c3ccccc32)n1.COc1cc(N(C)CCN(C)C)c([N+](=O)[O-])cc1Nc1ncnc(-n2nc(F)c3ccccc32)n1. The lowest BCUT2D eigenvalue weighted by Crippen LogP contribution is -2.29. The first kappa shape index (κ1) is 54.3. The molecule has 0 radical (unpaired) electrons. The van der Waals surface area contributed by atoms with E-state index in [0.29, 0.717) is 46.3 Å². The van der Waals surface area contributed by atoms with E-state index < -0.39 is 33.2 Å². The van der Waals surface area contributed by atoms with Crippen LogP contribution in [-0.4, -0.2) is 152 Å². The van der Waals surface area contributed by atoms with Crippen molar-refractivity contribution in [2.75, 3.05) is 98.2 Å². The maximum atomic E-state index is 14.3. The third-order valence-electron chi connectivity index (χ3n) is 10.1. The molecule has 8 rings (SSSR count). The molecule has 3 N–H and O–H groups in total.